The lowest BCUT2D eigenvalue weighted by atomic mass is 10.0. The van der Waals surface area contributed by atoms with Crippen LogP contribution in [0.4, 0.5) is 0 Å². The topological polar surface area (TPSA) is 75.1 Å². The predicted octanol–water partition coefficient (Wildman–Crippen LogP) is 2.63. The highest BCUT2D eigenvalue weighted by molar-refractivity contribution is 7.13. The molecule has 5 nitrogen and oxygen atoms in total. The molecule has 6 heteroatoms. The molecule has 2 rings (SSSR count). The standard InChI is InChI=1S/C18H25N3O2S/c1-12(2)8-16-17(24-13(3)21-16)18(23)20-10-14(11-22)9-15-6-4-5-7-19-15/h4-7,12,14,22H,8-11H2,1-3H3,(H,20,23). The number of aryl methyl sites for hydroxylation is 1. The lowest BCUT2D eigenvalue weighted by Crippen LogP contribution is -2.32. The summed E-state index contributed by atoms with van der Waals surface area (Å²) in [6, 6.07) is 5.72. The molecular formula is C18H25N3O2S. The van der Waals surface area contributed by atoms with Crippen LogP contribution < -0.4 is 5.32 Å². The van der Waals surface area contributed by atoms with Gasteiger partial charge in [0.2, 0.25) is 0 Å². The maximum atomic E-state index is 12.5. The Hall–Kier alpha value is -1.79. The van der Waals surface area contributed by atoms with Crippen LogP contribution in [-0.4, -0.2) is 34.1 Å². The number of carbonyl (C=O) groups excluding carboxylic acids is 1. The molecule has 2 heterocycles. The van der Waals surface area contributed by atoms with E-state index in [2.05, 4.69) is 29.1 Å². The van der Waals surface area contributed by atoms with Crippen LogP contribution in [0.5, 0.6) is 0 Å². The van der Waals surface area contributed by atoms with Gasteiger partial charge >= 0.3 is 0 Å². The van der Waals surface area contributed by atoms with Gasteiger partial charge in [-0.15, -0.1) is 11.3 Å². The smallest absolute Gasteiger partial charge is 0.263 e. The maximum Gasteiger partial charge on any atom is 0.263 e. The number of nitrogens with one attached hydrogen (secondary N) is 1. The Labute approximate surface area is 147 Å². The molecule has 0 saturated carbocycles. The second kappa shape index (κ2) is 8.89. The molecule has 0 aliphatic carbocycles. The minimum atomic E-state index is -0.101. The number of thiazole rings is 1. The number of rotatable bonds is 8. The van der Waals surface area contributed by atoms with Crippen molar-refractivity contribution in [1.82, 2.24) is 15.3 Å². The first-order chi connectivity index (χ1) is 11.5. The molecule has 130 valence electrons. The first kappa shape index (κ1) is 18.5. The Bertz CT molecular complexity index is 656. The van der Waals surface area contributed by atoms with E-state index in [1.165, 1.54) is 11.3 Å². The van der Waals surface area contributed by atoms with Gasteiger partial charge in [-0.25, -0.2) is 4.98 Å². The van der Waals surface area contributed by atoms with Crippen molar-refractivity contribution in [3.05, 3.63) is 45.7 Å². The van der Waals surface area contributed by atoms with Gasteiger partial charge < -0.3 is 10.4 Å². The molecule has 0 aliphatic rings. The summed E-state index contributed by atoms with van der Waals surface area (Å²) in [5.41, 5.74) is 1.79. The van der Waals surface area contributed by atoms with Gasteiger partial charge in [-0.3, -0.25) is 9.78 Å². The molecule has 2 aromatic heterocycles. The first-order valence-electron chi connectivity index (χ1n) is 8.24. The highest BCUT2D eigenvalue weighted by Crippen LogP contribution is 2.21. The van der Waals surface area contributed by atoms with Crippen molar-refractivity contribution in [2.24, 2.45) is 11.8 Å². The number of amides is 1. The van der Waals surface area contributed by atoms with Gasteiger partial charge in [0.05, 0.1) is 10.7 Å². The van der Waals surface area contributed by atoms with Crippen LogP contribution >= 0.6 is 11.3 Å². The van der Waals surface area contributed by atoms with E-state index in [9.17, 15) is 9.90 Å². The summed E-state index contributed by atoms with van der Waals surface area (Å²) in [7, 11) is 0. The van der Waals surface area contributed by atoms with Crippen LogP contribution in [0.25, 0.3) is 0 Å². The Morgan fingerprint density at radius 2 is 2.12 bits per heavy atom. The number of aromatic nitrogens is 2. The Morgan fingerprint density at radius 3 is 2.75 bits per heavy atom. The quantitative estimate of drug-likeness (QED) is 0.770. The summed E-state index contributed by atoms with van der Waals surface area (Å²) >= 11 is 1.43. The highest BCUT2D eigenvalue weighted by atomic mass is 32.1. The minimum Gasteiger partial charge on any atom is -0.396 e. The molecule has 1 amide bonds. The Morgan fingerprint density at radius 1 is 1.33 bits per heavy atom. The molecule has 24 heavy (non-hydrogen) atoms. The van der Waals surface area contributed by atoms with Crippen molar-refractivity contribution in [3.8, 4) is 0 Å². The molecule has 0 aliphatic heterocycles. The number of hydrogen-bond acceptors (Lipinski definition) is 5. The van der Waals surface area contributed by atoms with Gasteiger partial charge in [-0.2, -0.15) is 0 Å². The van der Waals surface area contributed by atoms with Crippen molar-refractivity contribution in [3.63, 3.8) is 0 Å². The number of pyridine rings is 1. The molecule has 2 N–H and O–H groups in total. The molecule has 0 radical (unpaired) electrons. The van der Waals surface area contributed by atoms with E-state index in [1.54, 1.807) is 6.20 Å². The Balaban J connectivity index is 1.96. The summed E-state index contributed by atoms with van der Waals surface area (Å²) < 4.78 is 0. The van der Waals surface area contributed by atoms with Crippen molar-refractivity contribution in [1.29, 1.82) is 0 Å². The van der Waals surface area contributed by atoms with E-state index in [4.69, 9.17) is 0 Å². The highest BCUT2D eigenvalue weighted by Gasteiger charge is 2.19. The largest absolute Gasteiger partial charge is 0.396 e. The van der Waals surface area contributed by atoms with Crippen LogP contribution in [0.15, 0.2) is 24.4 Å². The van der Waals surface area contributed by atoms with Crippen LogP contribution in [0.1, 0.15) is 39.9 Å². The van der Waals surface area contributed by atoms with Crippen LogP contribution in [-0.2, 0) is 12.8 Å². The first-order valence-corrected chi connectivity index (χ1v) is 9.06. The third-order valence-corrected chi connectivity index (χ3v) is 4.66. The SMILES string of the molecule is Cc1nc(CC(C)C)c(C(=O)NCC(CO)Cc2ccccn2)s1. The third kappa shape index (κ3) is 5.39. The third-order valence-electron chi connectivity index (χ3n) is 3.65. The number of aliphatic hydroxyl groups is 1. The minimum absolute atomic E-state index is 0.0113. The van der Waals surface area contributed by atoms with Crippen molar-refractivity contribution < 1.29 is 9.90 Å². The van der Waals surface area contributed by atoms with Crippen LogP contribution in [0.3, 0.4) is 0 Å². The second-order valence-corrected chi connectivity index (χ2v) is 7.59. The van der Waals surface area contributed by atoms with Gasteiger partial charge in [-0.1, -0.05) is 19.9 Å². The average Bonchev–Trinajstić information content (AvgIpc) is 2.91. The lowest BCUT2D eigenvalue weighted by Gasteiger charge is -2.14. The fourth-order valence-electron chi connectivity index (χ4n) is 2.51. The second-order valence-electron chi connectivity index (χ2n) is 6.39. The summed E-state index contributed by atoms with van der Waals surface area (Å²) in [5.74, 6) is 0.300. The van der Waals surface area contributed by atoms with Crippen molar-refractivity contribution in [2.45, 2.75) is 33.6 Å². The molecule has 1 unspecified atom stereocenters. The fraction of sp³-hybridized carbons (Fsp3) is 0.500. The Kier molecular flexibility index (Phi) is 6.87. The van der Waals surface area contributed by atoms with E-state index in [0.717, 1.165) is 22.8 Å². The molecule has 0 fully saturated rings. The lowest BCUT2D eigenvalue weighted by molar-refractivity contribution is 0.0942. The zero-order valence-corrected chi connectivity index (χ0v) is 15.3. The zero-order chi connectivity index (χ0) is 17.5. The molecule has 1 atom stereocenters. The van der Waals surface area contributed by atoms with Crippen LogP contribution in [0, 0.1) is 18.8 Å². The number of carbonyl (C=O) groups is 1. The molecule has 2 aromatic rings. The van der Waals surface area contributed by atoms with Gasteiger partial charge in [0, 0.05) is 31.0 Å². The fourth-order valence-corrected chi connectivity index (χ4v) is 3.37. The molecule has 0 aromatic carbocycles. The van der Waals surface area contributed by atoms with E-state index in [-0.39, 0.29) is 18.4 Å². The number of aliphatic hydroxyl groups excluding tert-OH is 1. The van der Waals surface area contributed by atoms with Gasteiger partial charge in [0.25, 0.3) is 5.91 Å². The summed E-state index contributed by atoms with van der Waals surface area (Å²) in [4.78, 5) is 21.9. The van der Waals surface area contributed by atoms with Crippen molar-refractivity contribution in [2.75, 3.05) is 13.2 Å². The number of hydrogen-bond donors (Lipinski definition) is 2. The maximum absolute atomic E-state index is 12.5. The molecule has 0 bridgehead atoms. The zero-order valence-electron chi connectivity index (χ0n) is 14.5. The summed E-state index contributed by atoms with van der Waals surface area (Å²) in [6.07, 6.45) is 3.17. The summed E-state index contributed by atoms with van der Waals surface area (Å²) in [6.45, 7) is 6.58. The predicted molar refractivity (Wildman–Crippen MR) is 96.2 cm³/mol. The van der Waals surface area contributed by atoms with E-state index in [0.29, 0.717) is 23.8 Å². The summed E-state index contributed by atoms with van der Waals surface area (Å²) in [5, 5.41) is 13.4. The van der Waals surface area contributed by atoms with Crippen LogP contribution in [0.2, 0.25) is 0 Å². The molecule has 0 saturated heterocycles. The van der Waals surface area contributed by atoms with Gasteiger partial charge in [-0.05, 0) is 37.8 Å². The van der Waals surface area contributed by atoms with Crippen molar-refractivity contribution >= 4 is 17.2 Å². The van der Waals surface area contributed by atoms with E-state index >= 15 is 0 Å². The molecular weight excluding hydrogens is 322 g/mol. The normalized spacial score (nSPS) is 12.4. The number of nitrogens with zero attached hydrogens (tertiary/aromatic N) is 2. The van der Waals surface area contributed by atoms with Gasteiger partial charge in [0.1, 0.15) is 4.88 Å². The van der Waals surface area contributed by atoms with E-state index < -0.39 is 0 Å². The van der Waals surface area contributed by atoms with Gasteiger partial charge in [0.15, 0.2) is 0 Å². The van der Waals surface area contributed by atoms with E-state index in [1.807, 2.05) is 25.1 Å². The molecule has 0 spiro atoms. The monoisotopic (exact) mass is 347 g/mol. The average molecular weight is 347 g/mol.